The topological polar surface area (TPSA) is 50.1 Å². The third-order valence-corrected chi connectivity index (χ3v) is 3.94. The van der Waals surface area contributed by atoms with E-state index in [9.17, 15) is 0 Å². The molecule has 3 heteroatoms. The fourth-order valence-electron chi connectivity index (χ4n) is 2.65. The molecule has 2 rings (SSSR count). The average Bonchev–Trinajstić information content (AvgIpc) is 2.46. The minimum atomic E-state index is 0.182. The minimum Gasteiger partial charge on any atom is -0.329 e. The van der Waals surface area contributed by atoms with Crippen molar-refractivity contribution in [2.45, 2.75) is 31.2 Å². The third kappa shape index (κ3) is 3.80. The number of hydrogen-bond acceptors (Lipinski definition) is 3. The maximum atomic E-state index is 5.94. The summed E-state index contributed by atoms with van der Waals surface area (Å²) in [4.78, 5) is 0. The predicted octanol–water partition coefficient (Wildman–Crippen LogP) is 1.29. The van der Waals surface area contributed by atoms with Gasteiger partial charge in [-0.2, -0.15) is 0 Å². The van der Waals surface area contributed by atoms with Gasteiger partial charge in [-0.1, -0.05) is 30.3 Å². The molecule has 1 aliphatic heterocycles. The molecule has 18 heavy (non-hydrogen) atoms. The first-order valence-corrected chi connectivity index (χ1v) is 7.04. The second kappa shape index (κ2) is 6.88. The van der Waals surface area contributed by atoms with Gasteiger partial charge in [0.15, 0.2) is 0 Å². The number of rotatable bonds is 6. The molecule has 1 aromatic carbocycles. The summed E-state index contributed by atoms with van der Waals surface area (Å²) in [5.41, 5.74) is 7.55. The van der Waals surface area contributed by atoms with Gasteiger partial charge >= 0.3 is 0 Å². The number of nitrogens with two attached hydrogens (primary N) is 1. The van der Waals surface area contributed by atoms with Crippen LogP contribution >= 0.6 is 0 Å². The summed E-state index contributed by atoms with van der Waals surface area (Å²) < 4.78 is 0. The lowest BCUT2D eigenvalue weighted by Gasteiger charge is -2.37. The van der Waals surface area contributed by atoms with Crippen LogP contribution in [0.1, 0.15) is 24.8 Å². The smallest absolute Gasteiger partial charge is 0.0328 e. The highest BCUT2D eigenvalue weighted by Gasteiger charge is 2.29. The first-order chi connectivity index (χ1) is 8.85. The van der Waals surface area contributed by atoms with Gasteiger partial charge in [-0.25, -0.2) is 0 Å². The molecule has 0 aromatic heterocycles. The maximum Gasteiger partial charge on any atom is 0.0328 e. The second-order valence-electron chi connectivity index (χ2n) is 5.25. The van der Waals surface area contributed by atoms with Gasteiger partial charge in [-0.05, 0) is 50.9 Å². The predicted molar refractivity (Wildman–Crippen MR) is 76.7 cm³/mol. The van der Waals surface area contributed by atoms with E-state index in [1.54, 1.807) is 0 Å². The molecule has 0 amide bonds. The third-order valence-electron chi connectivity index (χ3n) is 3.94. The van der Waals surface area contributed by atoms with Crippen LogP contribution in [0.2, 0.25) is 0 Å². The van der Waals surface area contributed by atoms with Gasteiger partial charge < -0.3 is 16.4 Å². The Morgan fingerprint density at radius 1 is 1.17 bits per heavy atom. The van der Waals surface area contributed by atoms with Crippen molar-refractivity contribution in [3.05, 3.63) is 35.9 Å². The Morgan fingerprint density at radius 3 is 2.56 bits per heavy atom. The van der Waals surface area contributed by atoms with Crippen LogP contribution in [-0.4, -0.2) is 31.7 Å². The summed E-state index contributed by atoms with van der Waals surface area (Å²) in [5, 5.41) is 7.08. The molecule has 1 heterocycles. The standard InChI is InChI=1S/C15H25N3/c16-13-15(8-11-17-12-9-15)18-10-4-7-14-5-2-1-3-6-14/h1-3,5-6,17-18H,4,7-13,16H2. The van der Waals surface area contributed by atoms with Crippen LogP contribution in [0.3, 0.4) is 0 Å². The van der Waals surface area contributed by atoms with Crippen molar-refractivity contribution in [1.82, 2.24) is 10.6 Å². The van der Waals surface area contributed by atoms with E-state index in [2.05, 4.69) is 41.0 Å². The van der Waals surface area contributed by atoms with Crippen LogP contribution in [-0.2, 0) is 6.42 Å². The summed E-state index contributed by atoms with van der Waals surface area (Å²) in [6, 6.07) is 10.7. The van der Waals surface area contributed by atoms with Gasteiger partial charge in [0.25, 0.3) is 0 Å². The fraction of sp³-hybridized carbons (Fsp3) is 0.600. The van der Waals surface area contributed by atoms with Crippen LogP contribution in [0.15, 0.2) is 30.3 Å². The molecule has 0 aliphatic carbocycles. The minimum absolute atomic E-state index is 0.182. The second-order valence-corrected chi connectivity index (χ2v) is 5.25. The van der Waals surface area contributed by atoms with Crippen LogP contribution in [0.25, 0.3) is 0 Å². The van der Waals surface area contributed by atoms with Gasteiger partial charge in [0.1, 0.15) is 0 Å². The Bertz CT molecular complexity index is 331. The molecular weight excluding hydrogens is 222 g/mol. The molecule has 0 bridgehead atoms. The maximum absolute atomic E-state index is 5.94. The molecule has 4 N–H and O–H groups in total. The van der Waals surface area contributed by atoms with E-state index < -0.39 is 0 Å². The number of nitrogens with one attached hydrogen (secondary N) is 2. The van der Waals surface area contributed by atoms with Crippen LogP contribution in [0.5, 0.6) is 0 Å². The number of piperidine rings is 1. The van der Waals surface area contributed by atoms with Gasteiger partial charge in [-0.3, -0.25) is 0 Å². The van der Waals surface area contributed by atoms with E-state index in [1.807, 2.05) is 0 Å². The summed E-state index contributed by atoms with van der Waals surface area (Å²) in [6.07, 6.45) is 4.62. The molecule has 1 aromatic rings. The zero-order valence-electron chi connectivity index (χ0n) is 11.1. The molecule has 0 spiro atoms. The molecule has 100 valence electrons. The highest BCUT2D eigenvalue weighted by molar-refractivity contribution is 5.14. The fourth-order valence-corrected chi connectivity index (χ4v) is 2.65. The first-order valence-electron chi connectivity index (χ1n) is 7.04. The van der Waals surface area contributed by atoms with Crippen molar-refractivity contribution < 1.29 is 0 Å². The molecule has 1 fully saturated rings. The van der Waals surface area contributed by atoms with Crippen molar-refractivity contribution in [2.24, 2.45) is 5.73 Å². The summed E-state index contributed by atoms with van der Waals surface area (Å²) in [6.45, 7) is 3.98. The lowest BCUT2D eigenvalue weighted by molar-refractivity contribution is 0.250. The number of hydrogen-bond donors (Lipinski definition) is 3. The molecular formula is C15H25N3. The van der Waals surface area contributed by atoms with Crippen molar-refractivity contribution >= 4 is 0 Å². The Morgan fingerprint density at radius 2 is 1.89 bits per heavy atom. The molecule has 0 saturated carbocycles. The number of aryl methyl sites for hydroxylation is 1. The Kier molecular flexibility index (Phi) is 5.17. The van der Waals surface area contributed by atoms with E-state index in [4.69, 9.17) is 5.73 Å². The molecule has 0 atom stereocenters. The molecule has 0 unspecified atom stereocenters. The normalized spacial score (nSPS) is 18.7. The van der Waals surface area contributed by atoms with Crippen LogP contribution in [0.4, 0.5) is 0 Å². The van der Waals surface area contributed by atoms with Crippen LogP contribution in [0, 0.1) is 0 Å². The van der Waals surface area contributed by atoms with Crippen molar-refractivity contribution in [1.29, 1.82) is 0 Å². The van der Waals surface area contributed by atoms with Gasteiger partial charge in [0.05, 0.1) is 0 Å². The van der Waals surface area contributed by atoms with E-state index in [0.717, 1.165) is 45.4 Å². The Labute approximate surface area is 110 Å². The largest absolute Gasteiger partial charge is 0.329 e. The van der Waals surface area contributed by atoms with Crippen molar-refractivity contribution in [2.75, 3.05) is 26.2 Å². The van der Waals surface area contributed by atoms with Crippen molar-refractivity contribution in [3.63, 3.8) is 0 Å². The quantitative estimate of drug-likeness (QED) is 0.664. The lowest BCUT2D eigenvalue weighted by Crippen LogP contribution is -2.57. The van der Waals surface area contributed by atoms with Gasteiger partial charge in [0.2, 0.25) is 0 Å². The molecule has 0 radical (unpaired) electrons. The summed E-state index contributed by atoms with van der Waals surface area (Å²) >= 11 is 0. The van der Waals surface area contributed by atoms with E-state index in [-0.39, 0.29) is 5.54 Å². The number of benzene rings is 1. The highest BCUT2D eigenvalue weighted by atomic mass is 15.0. The van der Waals surface area contributed by atoms with E-state index in [0.29, 0.717) is 0 Å². The molecule has 3 nitrogen and oxygen atoms in total. The highest BCUT2D eigenvalue weighted by Crippen LogP contribution is 2.16. The lowest BCUT2D eigenvalue weighted by atomic mass is 9.88. The van der Waals surface area contributed by atoms with Gasteiger partial charge in [0, 0.05) is 12.1 Å². The average molecular weight is 247 g/mol. The Balaban J connectivity index is 1.71. The summed E-state index contributed by atoms with van der Waals surface area (Å²) in [7, 11) is 0. The Hall–Kier alpha value is -0.900. The summed E-state index contributed by atoms with van der Waals surface area (Å²) in [5.74, 6) is 0. The zero-order chi connectivity index (χ0) is 12.7. The van der Waals surface area contributed by atoms with E-state index >= 15 is 0 Å². The zero-order valence-corrected chi connectivity index (χ0v) is 11.1. The molecule has 1 aliphatic rings. The van der Waals surface area contributed by atoms with E-state index in [1.165, 1.54) is 12.0 Å². The van der Waals surface area contributed by atoms with Crippen molar-refractivity contribution in [3.8, 4) is 0 Å². The van der Waals surface area contributed by atoms with Gasteiger partial charge in [-0.15, -0.1) is 0 Å². The van der Waals surface area contributed by atoms with Crippen LogP contribution < -0.4 is 16.4 Å². The first kappa shape index (κ1) is 13.5. The molecule has 1 saturated heterocycles. The monoisotopic (exact) mass is 247 g/mol. The SMILES string of the molecule is NCC1(NCCCc2ccccc2)CCNCC1.